The highest BCUT2D eigenvalue weighted by Gasteiger charge is 2.29. The normalized spacial score (nSPS) is 24.4. The van der Waals surface area contributed by atoms with Gasteiger partial charge < -0.3 is 10.3 Å². The third-order valence-electron chi connectivity index (χ3n) is 4.57. The van der Waals surface area contributed by atoms with Crippen LogP contribution in [0.5, 0.6) is 0 Å². The van der Waals surface area contributed by atoms with Crippen LogP contribution in [0.1, 0.15) is 23.6 Å². The molecule has 0 radical (unpaired) electrons. The molecular weight excluding hydrogens is 234 g/mol. The molecule has 2 N–H and O–H groups in total. The Labute approximate surface area is 115 Å². The zero-order valence-corrected chi connectivity index (χ0v) is 12.1. The van der Waals surface area contributed by atoms with Gasteiger partial charge in [-0.1, -0.05) is 6.07 Å². The fourth-order valence-electron chi connectivity index (χ4n) is 3.48. The van der Waals surface area contributed by atoms with E-state index >= 15 is 0 Å². The van der Waals surface area contributed by atoms with Crippen molar-refractivity contribution in [2.75, 3.05) is 20.1 Å². The SMILES string of the molecule is Cc1cn(C)c2ccc(C3CC(CN)CN3C)cc12. The minimum atomic E-state index is 0.526. The predicted molar refractivity (Wildman–Crippen MR) is 80.2 cm³/mol. The molecule has 2 aromatic rings. The third-order valence-corrected chi connectivity index (χ3v) is 4.57. The van der Waals surface area contributed by atoms with Crippen LogP contribution in [0.4, 0.5) is 0 Å². The molecule has 1 aromatic carbocycles. The van der Waals surface area contributed by atoms with E-state index in [1.165, 1.54) is 28.5 Å². The standard InChI is InChI=1S/C16H23N3/c1-11-9-18(2)15-5-4-13(7-14(11)15)16-6-12(8-17)10-19(16)3/h4-5,7,9,12,16H,6,8,10,17H2,1-3H3. The molecule has 0 spiro atoms. The molecule has 0 aliphatic carbocycles. The van der Waals surface area contributed by atoms with Crippen molar-refractivity contribution < 1.29 is 0 Å². The first-order chi connectivity index (χ1) is 9.10. The Kier molecular flexibility index (Phi) is 3.11. The van der Waals surface area contributed by atoms with Gasteiger partial charge in [-0.15, -0.1) is 0 Å². The molecule has 1 saturated heterocycles. The lowest BCUT2D eigenvalue weighted by Gasteiger charge is -2.19. The van der Waals surface area contributed by atoms with Crippen molar-refractivity contribution in [1.29, 1.82) is 0 Å². The van der Waals surface area contributed by atoms with Gasteiger partial charge in [0.25, 0.3) is 0 Å². The van der Waals surface area contributed by atoms with Gasteiger partial charge >= 0.3 is 0 Å². The number of benzene rings is 1. The van der Waals surface area contributed by atoms with E-state index in [1.54, 1.807) is 0 Å². The van der Waals surface area contributed by atoms with Crippen LogP contribution in [-0.4, -0.2) is 29.6 Å². The van der Waals surface area contributed by atoms with Gasteiger partial charge in [-0.2, -0.15) is 0 Å². The van der Waals surface area contributed by atoms with Crippen molar-refractivity contribution in [3.05, 3.63) is 35.5 Å². The lowest BCUT2D eigenvalue weighted by molar-refractivity contribution is 0.314. The number of aromatic nitrogens is 1. The number of nitrogens with two attached hydrogens (primary N) is 1. The number of likely N-dealkylation sites (tertiary alicyclic amines) is 1. The van der Waals surface area contributed by atoms with Crippen LogP contribution >= 0.6 is 0 Å². The molecule has 3 heteroatoms. The minimum Gasteiger partial charge on any atom is -0.350 e. The van der Waals surface area contributed by atoms with E-state index in [9.17, 15) is 0 Å². The highest BCUT2D eigenvalue weighted by Crippen LogP contribution is 2.35. The summed E-state index contributed by atoms with van der Waals surface area (Å²) in [6.07, 6.45) is 3.39. The summed E-state index contributed by atoms with van der Waals surface area (Å²) in [5.41, 5.74) is 9.93. The quantitative estimate of drug-likeness (QED) is 0.896. The molecule has 2 heterocycles. The highest BCUT2D eigenvalue weighted by atomic mass is 15.2. The summed E-state index contributed by atoms with van der Waals surface area (Å²) >= 11 is 0. The van der Waals surface area contributed by atoms with Gasteiger partial charge in [0, 0.05) is 36.7 Å². The maximum Gasteiger partial charge on any atom is 0.0480 e. The van der Waals surface area contributed by atoms with Crippen molar-refractivity contribution in [2.45, 2.75) is 19.4 Å². The van der Waals surface area contributed by atoms with Crippen LogP contribution < -0.4 is 5.73 Å². The fraction of sp³-hybridized carbons (Fsp3) is 0.500. The van der Waals surface area contributed by atoms with E-state index in [0.29, 0.717) is 12.0 Å². The van der Waals surface area contributed by atoms with Crippen LogP contribution in [0.3, 0.4) is 0 Å². The van der Waals surface area contributed by atoms with Crippen molar-refractivity contribution in [1.82, 2.24) is 9.47 Å². The van der Waals surface area contributed by atoms with Crippen LogP contribution in [0.25, 0.3) is 10.9 Å². The summed E-state index contributed by atoms with van der Waals surface area (Å²) in [5, 5.41) is 1.38. The van der Waals surface area contributed by atoms with Crippen molar-refractivity contribution in [3.63, 3.8) is 0 Å². The molecule has 3 nitrogen and oxygen atoms in total. The van der Waals surface area contributed by atoms with Gasteiger partial charge in [0.05, 0.1) is 0 Å². The summed E-state index contributed by atoms with van der Waals surface area (Å²) in [5.74, 6) is 0.641. The topological polar surface area (TPSA) is 34.2 Å². The molecule has 0 saturated carbocycles. The first-order valence-corrected chi connectivity index (χ1v) is 7.06. The van der Waals surface area contributed by atoms with Crippen molar-refractivity contribution in [3.8, 4) is 0 Å². The van der Waals surface area contributed by atoms with E-state index in [1.807, 2.05) is 0 Å². The lowest BCUT2D eigenvalue weighted by atomic mass is 9.98. The molecule has 1 aromatic heterocycles. The number of hydrogen-bond donors (Lipinski definition) is 1. The Balaban J connectivity index is 1.99. The monoisotopic (exact) mass is 257 g/mol. The highest BCUT2D eigenvalue weighted by molar-refractivity contribution is 5.84. The molecule has 2 unspecified atom stereocenters. The van der Waals surface area contributed by atoms with E-state index in [0.717, 1.165) is 13.1 Å². The first kappa shape index (κ1) is 12.7. The molecule has 19 heavy (non-hydrogen) atoms. The molecule has 2 atom stereocenters. The van der Waals surface area contributed by atoms with E-state index in [2.05, 4.69) is 54.9 Å². The van der Waals surface area contributed by atoms with E-state index in [4.69, 9.17) is 5.73 Å². The Morgan fingerprint density at radius 1 is 1.32 bits per heavy atom. The third kappa shape index (κ3) is 2.07. The van der Waals surface area contributed by atoms with Gasteiger partial charge in [0.15, 0.2) is 0 Å². The predicted octanol–water partition coefficient (Wildman–Crippen LogP) is 2.44. The Morgan fingerprint density at radius 2 is 2.11 bits per heavy atom. The average molecular weight is 257 g/mol. The summed E-state index contributed by atoms with van der Waals surface area (Å²) in [4.78, 5) is 2.44. The van der Waals surface area contributed by atoms with Crippen LogP contribution in [0.15, 0.2) is 24.4 Å². The molecule has 1 aliphatic rings. The second kappa shape index (κ2) is 4.66. The molecular formula is C16H23N3. The van der Waals surface area contributed by atoms with Gasteiger partial charge in [0.1, 0.15) is 0 Å². The van der Waals surface area contributed by atoms with Gasteiger partial charge in [-0.25, -0.2) is 0 Å². The molecule has 0 amide bonds. The smallest absolute Gasteiger partial charge is 0.0480 e. The number of aryl methyl sites for hydroxylation is 2. The van der Waals surface area contributed by atoms with Crippen LogP contribution in [0.2, 0.25) is 0 Å². The Morgan fingerprint density at radius 3 is 2.79 bits per heavy atom. The molecule has 3 rings (SSSR count). The second-order valence-electron chi connectivity index (χ2n) is 5.99. The summed E-state index contributed by atoms with van der Waals surface area (Å²) in [6, 6.07) is 7.42. The molecule has 102 valence electrons. The number of rotatable bonds is 2. The summed E-state index contributed by atoms with van der Waals surface area (Å²) in [7, 11) is 4.32. The maximum atomic E-state index is 5.82. The maximum absolute atomic E-state index is 5.82. The first-order valence-electron chi connectivity index (χ1n) is 7.06. The number of hydrogen-bond acceptors (Lipinski definition) is 2. The van der Waals surface area contributed by atoms with E-state index in [-0.39, 0.29) is 0 Å². The van der Waals surface area contributed by atoms with E-state index < -0.39 is 0 Å². The lowest BCUT2D eigenvalue weighted by Crippen LogP contribution is -2.20. The Bertz CT molecular complexity index is 599. The molecule has 1 aliphatic heterocycles. The number of fused-ring (bicyclic) bond motifs is 1. The average Bonchev–Trinajstić information content (AvgIpc) is 2.91. The van der Waals surface area contributed by atoms with Gasteiger partial charge in [-0.3, -0.25) is 4.90 Å². The van der Waals surface area contributed by atoms with Crippen LogP contribution in [-0.2, 0) is 7.05 Å². The zero-order chi connectivity index (χ0) is 13.6. The zero-order valence-electron chi connectivity index (χ0n) is 12.1. The fourth-order valence-corrected chi connectivity index (χ4v) is 3.48. The second-order valence-corrected chi connectivity index (χ2v) is 5.99. The number of nitrogens with zero attached hydrogens (tertiary/aromatic N) is 2. The molecule has 1 fully saturated rings. The molecule has 0 bridgehead atoms. The minimum absolute atomic E-state index is 0.526. The van der Waals surface area contributed by atoms with Gasteiger partial charge in [-0.05, 0) is 56.1 Å². The Hall–Kier alpha value is -1.32. The summed E-state index contributed by atoms with van der Waals surface area (Å²) < 4.78 is 2.20. The van der Waals surface area contributed by atoms with Gasteiger partial charge in [0.2, 0.25) is 0 Å². The summed E-state index contributed by atoms with van der Waals surface area (Å²) in [6.45, 7) is 4.10. The van der Waals surface area contributed by atoms with Crippen molar-refractivity contribution >= 4 is 10.9 Å². The van der Waals surface area contributed by atoms with Crippen LogP contribution in [0, 0.1) is 12.8 Å². The van der Waals surface area contributed by atoms with Crippen molar-refractivity contribution in [2.24, 2.45) is 18.7 Å². The largest absolute Gasteiger partial charge is 0.350 e.